The minimum absolute atomic E-state index is 0.233. The maximum Gasteiger partial charge on any atom is 0.339 e. The molecular weight excluding hydrogens is 386 g/mol. The number of carbonyl (C=O) groups is 2. The van der Waals surface area contributed by atoms with Crippen LogP contribution in [0.1, 0.15) is 41.3 Å². The molecule has 29 heavy (non-hydrogen) atoms. The zero-order valence-corrected chi connectivity index (χ0v) is 17.7. The van der Waals surface area contributed by atoms with Gasteiger partial charge in [-0.2, -0.15) is 0 Å². The Morgan fingerprint density at radius 1 is 1.21 bits per heavy atom. The van der Waals surface area contributed by atoms with E-state index in [1.54, 1.807) is 23.9 Å². The van der Waals surface area contributed by atoms with Gasteiger partial charge in [-0.1, -0.05) is 37.3 Å². The van der Waals surface area contributed by atoms with Gasteiger partial charge in [0.25, 0.3) is 5.91 Å². The van der Waals surface area contributed by atoms with Gasteiger partial charge >= 0.3 is 5.97 Å². The highest BCUT2D eigenvalue weighted by Crippen LogP contribution is 2.27. The van der Waals surface area contributed by atoms with Gasteiger partial charge in [0.05, 0.1) is 11.7 Å². The Hall–Kier alpha value is -2.31. The second-order valence-corrected chi connectivity index (χ2v) is 8.09. The fraction of sp³-hybridized carbons (Fsp3) is 0.391. The zero-order valence-electron chi connectivity index (χ0n) is 16.9. The summed E-state index contributed by atoms with van der Waals surface area (Å²) in [5.74, 6) is -0.0272. The van der Waals surface area contributed by atoms with Crippen LogP contribution in [0.2, 0.25) is 0 Å². The Bertz CT molecular complexity index is 862. The summed E-state index contributed by atoms with van der Waals surface area (Å²) < 4.78 is 10.9. The molecule has 0 aliphatic carbocycles. The van der Waals surface area contributed by atoms with E-state index in [0.717, 1.165) is 53.3 Å². The third-order valence-electron chi connectivity index (χ3n) is 4.89. The van der Waals surface area contributed by atoms with Crippen LogP contribution in [0.25, 0.3) is 0 Å². The fourth-order valence-corrected chi connectivity index (χ4v) is 4.42. The van der Waals surface area contributed by atoms with Crippen molar-refractivity contribution in [1.82, 2.24) is 0 Å². The number of benzene rings is 2. The Morgan fingerprint density at radius 3 is 2.79 bits per heavy atom. The first-order valence-electron chi connectivity index (χ1n) is 9.97. The number of hydrogen-bond acceptors (Lipinski definition) is 5. The lowest BCUT2D eigenvalue weighted by atomic mass is 10.1. The highest BCUT2D eigenvalue weighted by molar-refractivity contribution is 7.99. The first-order valence-corrected chi connectivity index (χ1v) is 11.0. The van der Waals surface area contributed by atoms with Gasteiger partial charge in [0.15, 0.2) is 6.61 Å². The molecule has 0 unspecified atom stereocenters. The van der Waals surface area contributed by atoms with E-state index in [4.69, 9.17) is 9.47 Å². The number of esters is 1. The number of hydrogen-bond donors (Lipinski definition) is 1. The number of amides is 1. The summed E-state index contributed by atoms with van der Waals surface area (Å²) in [5.41, 5.74) is 3.32. The van der Waals surface area contributed by atoms with Crippen LogP contribution in [0.15, 0.2) is 47.4 Å². The van der Waals surface area contributed by atoms with E-state index in [1.807, 2.05) is 44.2 Å². The molecule has 1 fully saturated rings. The van der Waals surface area contributed by atoms with Gasteiger partial charge in [-0.05, 0) is 49.4 Å². The van der Waals surface area contributed by atoms with Crippen LogP contribution < -0.4 is 5.32 Å². The largest absolute Gasteiger partial charge is 0.452 e. The molecule has 1 saturated heterocycles. The maximum atomic E-state index is 12.6. The van der Waals surface area contributed by atoms with Crippen molar-refractivity contribution in [2.45, 2.75) is 44.1 Å². The SMILES string of the molecule is CCc1cccc(C)c1NC(=O)COC(=O)c1ccccc1SC[C@@H]1CCCO1. The smallest absolute Gasteiger partial charge is 0.339 e. The van der Waals surface area contributed by atoms with Crippen molar-refractivity contribution in [3.05, 3.63) is 59.2 Å². The molecule has 1 aliphatic rings. The third kappa shape index (κ3) is 5.84. The molecule has 0 radical (unpaired) electrons. The molecule has 1 heterocycles. The van der Waals surface area contributed by atoms with E-state index < -0.39 is 5.97 Å². The van der Waals surface area contributed by atoms with Crippen molar-refractivity contribution in [2.75, 3.05) is 24.3 Å². The standard InChI is InChI=1S/C23H27NO4S/c1-3-17-9-6-8-16(2)22(17)24-21(25)14-28-23(26)19-11-4-5-12-20(19)29-15-18-10-7-13-27-18/h4-6,8-9,11-12,18H,3,7,10,13-15H2,1-2H3,(H,24,25)/t18-/m0/s1. The minimum atomic E-state index is -0.490. The molecule has 5 nitrogen and oxygen atoms in total. The fourth-order valence-electron chi connectivity index (χ4n) is 3.31. The molecule has 1 atom stereocenters. The summed E-state index contributed by atoms with van der Waals surface area (Å²) in [6.07, 6.45) is 3.19. The average Bonchev–Trinajstić information content (AvgIpc) is 3.26. The summed E-state index contributed by atoms with van der Waals surface area (Å²) in [6.45, 7) is 4.48. The molecule has 0 saturated carbocycles. The molecule has 0 bridgehead atoms. The van der Waals surface area contributed by atoms with Crippen LogP contribution in [0, 0.1) is 6.92 Å². The van der Waals surface area contributed by atoms with E-state index in [2.05, 4.69) is 5.32 Å². The number of thioether (sulfide) groups is 1. The first-order chi connectivity index (χ1) is 14.1. The zero-order chi connectivity index (χ0) is 20.6. The molecule has 3 rings (SSSR count). The molecule has 1 N–H and O–H groups in total. The van der Waals surface area contributed by atoms with Gasteiger partial charge in [0, 0.05) is 22.9 Å². The quantitative estimate of drug-likeness (QED) is 0.505. The molecule has 154 valence electrons. The Balaban J connectivity index is 1.57. The Kier molecular flexibility index (Phi) is 7.72. The second-order valence-electron chi connectivity index (χ2n) is 7.03. The number of rotatable bonds is 8. The molecular formula is C23H27NO4S. The normalized spacial score (nSPS) is 15.9. The monoisotopic (exact) mass is 413 g/mol. The molecule has 0 spiro atoms. The maximum absolute atomic E-state index is 12.6. The number of para-hydroxylation sites is 1. The molecule has 2 aromatic rings. The van der Waals surface area contributed by atoms with Crippen LogP contribution in [-0.4, -0.2) is 36.9 Å². The van der Waals surface area contributed by atoms with Crippen molar-refractivity contribution in [3.63, 3.8) is 0 Å². The molecule has 1 aliphatic heterocycles. The van der Waals surface area contributed by atoms with Crippen molar-refractivity contribution >= 4 is 29.3 Å². The summed E-state index contributed by atoms with van der Waals surface area (Å²) in [7, 11) is 0. The highest BCUT2D eigenvalue weighted by Gasteiger charge is 2.19. The topological polar surface area (TPSA) is 64.6 Å². The molecule has 2 aromatic carbocycles. The van der Waals surface area contributed by atoms with E-state index in [1.165, 1.54) is 0 Å². The van der Waals surface area contributed by atoms with Crippen LogP contribution >= 0.6 is 11.8 Å². The van der Waals surface area contributed by atoms with Gasteiger partial charge in [0.1, 0.15) is 0 Å². The van der Waals surface area contributed by atoms with Gasteiger partial charge in [-0.25, -0.2) is 4.79 Å². The number of aryl methyl sites for hydroxylation is 2. The molecule has 0 aromatic heterocycles. The minimum Gasteiger partial charge on any atom is -0.452 e. The molecule has 1 amide bonds. The first kappa shape index (κ1) is 21.4. The third-order valence-corrected chi connectivity index (χ3v) is 6.10. The number of anilines is 1. The van der Waals surface area contributed by atoms with Crippen molar-refractivity contribution < 1.29 is 19.1 Å². The van der Waals surface area contributed by atoms with Crippen molar-refractivity contribution in [3.8, 4) is 0 Å². The number of nitrogens with one attached hydrogen (secondary N) is 1. The summed E-state index contributed by atoms with van der Waals surface area (Å²) >= 11 is 1.59. The van der Waals surface area contributed by atoms with Crippen LogP contribution in [0.3, 0.4) is 0 Å². The lowest BCUT2D eigenvalue weighted by Crippen LogP contribution is -2.22. The van der Waals surface area contributed by atoms with Gasteiger partial charge in [-0.15, -0.1) is 11.8 Å². The molecule has 6 heteroatoms. The summed E-state index contributed by atoms with van der Waals surface area (Å²) in [6, 6.07) is 13.2. The lowest BCUT2D eigenvalue weighted by Gasteiger charge is -2.14. The predicted octanol–water partition coefficient (Wildman–Crippen LogP) is 4.62. The van der Waals surface area contributed by atoms with E-state index >= 15 is 0 Å². The second kappa shape index (κ2) is 10.5. The van der Waals surface area contributed by atoms with Crippen molar-refractivity contribution in [1.29, 1.82) is 0 Å². The van der Waals surface area contributed by atoms with Gasteiger partial charge < -0.3 is 14.8 Å². The summed E-state index contributed by atoms with van der Waals surface area (Å²) in [5, 5.41) is 2.88. The Morgan fingerprint density at radius 2 is 2.03 bits per heavy atom. The van der Waals surface area contributed by atoms with Crippen molar-refractivity contribution in [2.24, 2.45) is 0 Å². The van der Waals surface area contributed by atoms with E-state index in [-0.39, 0.29) is 18.6 Å². The van der Waals surface area contributed by atoms with Gasteiger partial charge in [0.2, 0.25) is 0 Å². The summed E-state index contributed by atoms with van der Waals surface area (Å²) in [4.78, 5) is 25.8. The van der Waals surface area contributed by atoms with E-state index in [0.29, 0.717) is 5.56 Å². The number of ether oxygens (including phenoxy) is 2. The van der Waals surface area contributed by atoms with Gasteiger partial charge in [-0.3, -0.25) is 4.79 Å². The number of carbonyl (C=O) groups excluding carboxylic acids is 2. The van der Waals surface area contributed by atoms with Crippen LogP contribution in [-0.2, 0) is 20.7 Å². The van der Waals surface area contributed by atoms with E-state index in [9.17, 15) is 9.59 Å². The van der Waals surface area contributed by atoms with Crippen LogP contribution in [0.4, 0.5) is 5.69 Å². The highest BCUT2D eigenvalue weighted by atomic mass is 32.2. The lowest BCUT2D eigenvalue weighted by molar-refractivity contribution is -0.119. The Labute approximate surface area is 176 Å². The average molecular weight is 414 g/mol. The van der Waals surface area contributed by atoms with Crippen LogP contribution in [0.5, 0.6) is 0 Å². The predicted molar refractivity (Wildman–Crippen MR) is 116 cm³/mol.